The van der Waals surface area contributed by atoms with E-state index in [2.05, 4.69) is 15.2 Å². The molecule has 0 unspecified atom stereocenters. The minimum absolute atomic E-state index is 0. The second kappa shape index (κ2) is 12.6. The van der Waals surface area contributed by atoms with Crippen LogP contribution in [0, 0.1) is 6.92 Å². The monoisotopic (exact) mass is 480 g/mol. The highest BCUT2D eigenvalue weighted by Gasteiger charge is 2.31. The summed E-state index contributed by atoms with van der Waals surface area (Å²) in [6, 6.07) is 6.85. The average Bonchev–Trinajstić information content (AvgIpc) is 2.80. The van der Waals surface area contributed by atoms with Gasteiger partial charge in [0, 0.05) is 38.5 Å². The van der Waals surface area contributed by atoms with Crippen molar-refractivity contribution in [2.24, 2.45) is 0 Å². The maximum Gasteiger partial charge on any atom is 0.255 e. The summed E-state index contributed by atoms with van der Waals surface area (Å²) < 4.78 is 16.7. The fourth-order valence-corrected chi connectivity index (χ4v) is 3.93. The van der Waals surface area contributed by atoms with Crippen molar-refractivity contribution in [2.75, 3.05) is 46.2 Å². The molecule has 2 heterocycles. The van der Waals surface area contributed by atoms with Gasteiger partial charge < -0.3 is 35.6 Å². The van der Waals surface area contributed by atoms with Gasteiger partial charge >= 0.3 is 0 Å². The Morgan fingerprint density at radius 1 is 1.33 bits per heavy atom. The Hall–Kier alpha value is -2.59. The Kier molecular flexibility index (Phi) is 10.2. The molecule has 10 heteroatoms. The molecule has 1 fully saturated rings. The summed E-state index contributed by atoms with van der Waals surface area (Å²) in [7, 11) is 3.16. The number of likely N-dealkylation sites (tertiary alicyclic amines) is 1. The van der Waals surface area contributed by atoms with Crippen LogP contribution >= 0.6 is 11.6 Å². The zero-order chi connectivity index (χ0) is 23.1. The third-order valence-corrected chi connectivity index (χ3v) is 5.92. The molecule has 2 aromatic rings. The molecular formula is C23H33ClN4O5. The van der Waals surface area contributed by atoms with Crippen LogP contribution in [0.4, 0.5) is 5.69 Å². The summed E-state index contributed by atoms with van der Waals surface area (Å²) in [5.41, 5.74) is 7.50. The molecule has 3 rings (SSSR count). The van der Waals surface area contributed by atoms with Gasteiger partial charge in [0.2, 0.25) is 0 Å². The predicted molar refractivity (Wildman–Crippen MR) is 128 cm³/mol. The lowest BCUT2D eigenvalue weighted by atomic mass is 10.0. The highest BCUT2D eigenvalue weighted by Crippen LogP contribution is 2.29. The van der Waals surface area contributed by atoms with E-state index in [-0.39, 0.29) is 23.5 Å². The maximum absolute atomic E-state index is 12.9. The molecule has 1 aliphatic rings. The van der Waals surface area contributed by atoms with E-state index in [1.165, 1.54) is 13.2 Å². The number of anilines is 1. The molecule has 0 aliphatic carbocycles. The van der Waals surface area contributed by atoms with Gasteiger partial charge in [-0.1, -0.05) is 11.6 Å². The van der Waals surface area contributed by atoms with E-state index in [1.807, 2.05) is 19.1 Å². The molecule has 0 bridgehead atoms. The minimum Gasteiger partial charge on any atom is -0.496 e. The number of nitrogen functional groups attached to an aromatic ring is 1. The number of carbonyl (C=O) groups is 1. The van der Waals surface area contributed by atoms with Crippen LogP contribution < -0.4 is 20.5 Å². The van der Waals surface area contributed by atoms with E-state index in [1.54, 1.807) is 19.4 Å². The number of aromatic nitrogens is 1. The first-order valence-electron chi connectivity index (χ1n) is 10.7. The summed E-state index contributed by atoms with van der Waals surface area (Å²) in [5.74, 6) is 0.911. The van der Waals surface area contributed by atoms with Gasteiger partial charge in [-0.05, 0) is 38.0 Å². The number of rotatable bonds is 9. The fraction of sp³-hybridized carbons (Fsp3) is 0.478. The summed E-state index contributed by atoms with van der Waals surface area (Å²) in [5, 5.41) is 3.39. The molecule has 1 aliphatic heterocycles. The molecule has 1 aromatic heterocycles. The quantitative estimate of drug-likeness (QED) is 0.415. The van der Waals surface area contributed by atoms with Gasteiger partial charge in [-0.15, -0.1) is 0 Å². The van der Waals surface area contributed by atoms with Gasteiger partial charge in [0.25, 0.3) is 5.91 Å². The summed E-state index contributed by atoms with van der Waals surface area (Å²) in [6.07, 6.45) is 3.29. The zero-order valence-corrected chi connectivity index (χ0v) is 20.0. The molecule has 1 saturated heterocycles. The van der Waals surface area contributed by atoms with E-state index >= 15 is 0 Å². The van der Waals surface area contributed by atoms with Crippen LogP contribution in [-0.4, -0.2) is 73.9 Å². The predicted octanol–water partition coefficient (Wildman–Crippen LogP) is 2.10. The third kappa shape index (κ3) is 7.20. The normalized spacial score (nSPS) is 18.3. The number of nitrogens with two attached hydrogens (primary N) is 1. The summed E-state index contributed by atoms with van der Waals surface area (Å²) >= 11 is 6.11. The molecule has 33 heavy (non-hydrogen) atoms. The Morgan fingerprint density at radius 2 is 2.12 bits per heavy atom. The standard InChI is InChI=1S/C23H31ClN4O4.H2O/c1-15-5-6-16(13-26-15)32-10-4-8-28-9-7-20(22(14-28)31-3)27-23(29)17-11-18(24)19(25)12-21(17)30-2;/h5-6,11-13,20,22H,4,7-10,14,25H2,1-3H3,(H,27,29);1H2/t20-,22+;/m0./s1. The Labute approximate surface area is 199 Å². The van der Waals surface area contributed by atoms with Gasteiger partial charge in [-0.2, -0.15) is 0 Å². The molecule has 5 N–H and O–H groups in total. The minimum atomic E-state index is -0.260. The number of piperidine rings is 1. The number of methoxy groups -OCH3 is 2. The topological polar surface area (TPSA) is 130 Å². The van der Waals surface area contributed by atoms with Crippen LogP contribution in [0.1, 0.15) is 28.9 Å². The number of benzene rings is 1. The second-order valence-electron chi connectivity index (χ2n) is 7.85. The van der Waals surface area contributed by atoms with Crippen molar-refractivity contribution in [2.45, 2.75) is 31.9 Å². The molecule has 0 saturated carbocycles. The fourth-order valence-electron chi connectivity index (χ4n) is 3.77. The van der Waals surface area contributed by atoms with Gasteiger partial charge in [0.05, 0.1) is 48.3 Å². The van der Waals surface area contributed by atoms with Crippen LogP contribution in [0.2, 0.25) is 5.02 Å². The van der Waals surface area contributed by atoms with E-state index in [0.717, 1.165) is 43.9 Å². The third-order valence-electron chi connectivity index (χ3n) is 5.60. The molecule has 1 amide bonds. The van der Waals surface area contributed by atoms with Crippen LogP contribution in [0.3, 0.4) is 0 Å². The van der Waals surface area contributed by atoms with Crippen molar-refractivity contribution in [1.29, 1.82) is 0 Å². The number of pyridine rings is 1. The number of aryl methyl sites for hydroxylation is 1. The first kappa shape index (κ1) is 26.7. The largest absolute Gasteiger partial charge is 0.496 e. The van der Waals surface area contributed by atoms with E-state index in [9.17, 15) is 4.79 Å². The number of halogens is 1. The smallest absolute Gasteiger partial charge is 0.255 e. The molecule has 1 aromatic carbocycles. The number of hydrogen-bond donors (Lipinski definition) is 2. The highest BCUT2D eigenvalue weighted by molar-refractivity contribution is 6.33. The lowest BCUT2D eigenvalue weighted by molar-refractivity contribution is 0.00527. The Balaban J connectivity index is 0.00000385. The maximum atomic E-state index is 12.9. The van der Waals surface area contributed by atoms with Crippen LogP contribution in [0.25, 0.3) is 0 Å². The Bertz CT molecular complexity index is 912. The van der Waals surface area contributed by atoms with Gasteiger partial charge in [-0.25, -0.2) is 0 Å². The lowest BCUT2D eigenvalue weighted by Gasteiger charge is -2.38. The van der Waals surface area contributed by atoms with Gasteiger partial charge in [0.1, 0.15) is 11.5 Å². The first-order valence-corrected chi connectivity index (χ1v) is 11.0. The summed E-state index contributed by atoms with van der Waals surface area (Å²) in [4.78, 5) is 19.4. The van der Waals surface area contributed by atoms with E-state index in [4.69, 9.17) is 31.5 Å². The number of carbonyl (C=O) groups excluding carboxylic acids is 1. The van der Waals surface area contributed by atoms with Crippen LogP contribution in [0.15, 0.2) is 30.5 Å². The number of ether oxygens (including phenoxy) is 3. The van der Waals surface area contributed by atoms with E-state index in [0.29, 0.717) is 28.6 Å². The zero-order valence-electron chi connectivity index (χ0n) is 19.3. The highest BCUT2D eigenvalue weighted by atomic mass is 35.5. The van der Waals surface area contributed by atoms with E-state index < -0.39 is 0 Å². The number of amides is 1. The lowest BCUT2D eigenvalue weighted by Crippen LogP contribution is -2.55. The number of hydrogen-bond acceptors (Lipinski definition) is 7. The molecule has 2 atom stereocenters. The van der Waals surface area contributed by atoms with Gasteiger partial charge in [0.15, 0.2) is 0 Å². The van der Waals surface area contributed by atoms with Crippen molar-refractivity contribution >= 4 is 23.2 Å². The van der Waals surface area contributed by atoms with Crippen molar-refractivity contribution < 1.29 is 24.5 Å². The van der Waals surface area contributed by atoms with Crippen LogP contribution in [0.5, 0.6) is 11.5 Å². The summed E-state index contributed by atoms with van der Waals surface area (Å²) in [6.45, 7) is 5.05. The van der Waals surface area contributed by atoms with Crippen molar-refractivity contribution in [1.82, 2.24) is 15.2 Å². The molecular weight excluding hydrogens is 448 g/mol. The Morgan fingerprint density at radius 3 is 2.79 bits per heavy atom. The molecule has 0 radical (unpaired) electrons. The molecule has 9 nitrogen and oxygen atoms in total. The second-order valence-corrected chi connectivity index (χ2v) is 8.26. The first-order chi connectivity index (χ1) is 15.4. The van der Waals surface area contributed by atoms with Crippen molar-refractivity contribution in [3.05, 3.63) is 46.7 Å². The van der Waals surface area contributed by atoms with Crippen LogP contribution in [-0.2, 0) is 4.74 Å². The molecule has 182 valence electrons. The number of nitrogens with one attached hydrogen (secondary N) is 1. The molecule has 0 spiro atoms. The average molecular weight is 481 g/mol. The number of nitrogens with zero attached hydrogens (tertiary/aromatic N) is 2. The van der Waals surface area contributed by atoms with Crippen molar-refractivity contribution in [3.63, 3.8) is 0 Å². The van der Waals surface area contributed by atoms with Crippen molar-refractivity contribution in [3.8, 4) is 11.5 Å². The van der Waals surface area contributed by atoms with Gasteiger partial charge in [-0.3, -0.25) is 9.78 Å². The SMILES string of the molecule is COc1cc(N)c(Cl)cc1C(=O)N[C@H]1CCN(CCCOc2ccc(C)nc2)C[C@H]1OC.O.